The predicted molar refractivity (Wildman–Crippen MR) is 101 cm³/mol. The number of piperidine rings is 1. The third kappa shape index (κ3) is 5.58. The van der Waals surface area contributed by atoms with Gasteiger partial charge in [0, 0.05) is 38.1 Å². The van der Waals surface area contributed by atoms with Crippen LogP contribution >= 0.6 is 0 Å². The number of rotatable bonds is 8. The van der Waals surface area contributed by atoms with Crippen LogP contribution in [0.1, 0.15) is 24.8 Å². The summed E-state index contributed by atoms with van der Waals surface area (Å²) in [6.07, 6.45) is 9.22. The lowest BCUT2D eigenvalue weighted by Crippen LogP contribution is -2.44. The molecule has 1 aliphatic heterocycles. The summed E-state index contributed by atoms with van der Waals surface area (Å²) < 4.78 is 8.01. The van der Waals surface area contributed by atoms with E-state index in [0.717, 1.165) is 38.4 Å². The van der Waals surface area contributed by atoms with Crippen LogP contribution in [0, 0.1) is 0 Å². The van der Waals surface area contributed by atoms with E-state index in [2.05, 4.69) is 57.7 Å². The van der Waals surface area contributed by atoms with E-state index in [9.17, 15) is 0 Å². The second kappa shape index (κ2) is 9.02. The Hall–Kier alpha value is -1.85. The molecule has 1 aromatic heterocycles. The topological polar surface area (TPSA) is 33.5 Å². The quantitative estimate of drug-likeness (QED) is 0.691. The van der Waals surface area contributed by atoms with Crippen LogP contribution in [0.25, 0.3) is 0 Å². The second-order valence-electron chi connectivity index (χ2n) is 7.14. The van der Waals surface area contributed by atoms with E-state index in [1.54, 1.807) is 0 Å². The van der Waals surface area contributed by atoms with Crippen molar-refractivity contribution in [1.29, 1.82) is 0 Å². The maximum atomic E-state index is 5.93. The number of likely N-dealkylation sites (tertiary alicyclic amines) is 1. The van der Waals surface area contributed by atoms with E-state index in [-0.39, 0.29) is 0 Å². The molecule has 0 spiro atoms. The van der Waals surface area contributed by atoms with Gasteiger partial charge in [0.2, 0.25) is 0 Å². The number of nitrogens with zero attached hydrogens (tertiary/aromatic N) is 4. The Balaban J connectivity index is 1.46. The summed E-state index contributed by atoms with van der Waals surface area (Å²) in [4.78, 5) is 8.97. The largest absolute Gasteiger partial charge is 0.494 e. The fourth-order valence-corrected chi connectivity index (χ4v) is 3.44. The standard InChI is InChI=1S/C20H30N4O/c1-22(2)19-7-4-10-24(16-19)15-18-6-3-8-20(14-18)25-13-5-11-23-12-9-21-17-23/h3,6,8-9,12,14,17,19H,4-5,7,10-11,13,15-16H2,1-2H3/t19-/m1/s1. The zero-order valence-electron chi connectivity index (χ0n) is 15.5. The highest BCUT2D eigenvalue weighted by molar-refractivity contribution is 5.28. The molecule has 0 aliphatic carbocycles. The van der Waals surface area contributed by atoms with Gasteiger partial charge in [0.1, 0.15) is 5.75 Å². The average molecular weight is 342 g/mol. The number of hydrogen-bond donors (Lipinski definition) is 0. The minimum absolute atomic E-state index is 0.677. The molecule has 0 unspecified atom stereocenters. The highest BCUT2D eigenvalue weighted by Crippen LogP contribution is 2.19. The fraction of sp³-hybridized carbons (Fsp3) is 0.550. The van der Waals surface area contributed by atoms with Crippen molar-refractivity contribution in [2.24, 2.45) is 0 Å². The molecule has 0 saturated carbocycles. The first kappa shape index (κ1) is 18.0. The van der Waals surface area contributed by atoms with Gasteiger partial charge in [-0.2, -0.15) is 0 Å². The number of ether oxygens (including phenoxy) is 1. The van der Waals surface area contributed by atoms with Gasteiger partial charge in [-0.05, 0) is 57.6 Å². The third-order valence-electron chi connectivity index (χ3n) is 4.90. The molecule has 1 atom stereocenters. The van der Waals surface area contributed by atoms with Gasteiger partial charge in [0.05, 0.1) is 12.9 Å². The summed E-state index contributed by atoms with van der Waals surface area (Å²) in [5.74, 6) is 0.976. The number of imidazole rings is 1. The van der Waals surface area contributed by atoms with Gasteiger partial charge in [0.15, 0.2) is 0 Å². The molecule has 136 valence electrons. The van der Waals surface area contributed by atoms with E-state index in [1.807, 2.05) is 18.7 Å². The Morgan fingerprint density at radius 3 is 3.04 bits per heavy atom. The summed E-state index contributed by atoms with van der Waals surface area (Å²) >= 11 is 0. The highest BCUT2D eigenvalue weighted by Gasteiger charge is 2.21. The van der Waals surface area contributed by atoms with Gasteiger partial charge in [-0.1, -0.05) is 12.1 Å². The van der Waals surface area contributed by atoms with Gasteiger partial charge < -0.3 is 14.2 Å². The number of hydrogen-bond acceptors (Lipinski definition) is 4. The molecule has 25 heavy (non-hydrogen) atoms. The van der Waals surface area contributed by atoms with Crippen molar-refractivity contribution in [3.63, 3.8) is 0 Å². The van der Waals surface area contributed by atoms with Crippen molar-refractivity contribution >= 4 is 0 Å². The van der Waals surface area contributed by atoms with Crippen LogP contribution in [0.4, 0.5) is 0 Å². The molecule has 1 aromatic carbocycles. The molecule has 0 radical (unpaired) electrons. The van der Waals surface area contributed by atoms with Crippen molar-refractivity contribution in [1.82, 2.24) is 19.4 Å². The Morgan fingerprint density at radius 2 is 2.24 bits per heavy atom. The van der Waals surface area contributed by atoms with Crippen LogP contribution in [0.15, 0.2) is 43.0 Å². The molecule has 2 heterocycles. The first-order chi connectivity index (χ1) is 12.2. The average Bonchev–Trinajstić information content (AvgIpc) is 3.13. The maximum Gasteiger partial charge on any atom is 0.119 e. The van der Waals surface area contributed by atoms with E-state index < -0.39 is 0 Å². The molecule has 1 aliphatic rings. The van der Waals surface area contributed by atoms with Crippen LogP contribution in [-0.2, 0) is 13.1 Å². The first-order valence-corrected chi connectivity index (χ1v) is 9.27. The SMILES string of the molecule is CN(C)[C@@H]1CCCN(Cc2cccc(OCCCn3ccnc3)c2)C1. The molecule has 1 fully saturated rings. The van der Waals surface area contributed by atoms with Crippen molar-refractivity contribution in [3.8, 4) is 5.75 Å². The van der Waals surface area contributed by atoms with E-state index in [0.29, 0.717) is 6.04 Å². The number of aryl methyl sites for hydroxylation is 1. The summed E-state index contributed by atoms with van der Waals surface area (Å²) in [6.45, 7) is 5.04. The normalized spacial score (nSPS) is 18.6. The van der Waals surface area contributed by atoms with E-state index in [4.69, 9.17) is 4.74 Å². The van der Waals surface area contributed by atoms with Crippen LogP contribution < -0.4 is 4.74 Å². The molecule has 5 heteroatoms. The Bertz CT molecular complexity index is 626. The lowest BCUT2D eigenvalue weighted by atomic mass is 10.0. The first-order valence-electron chi connectivity index (χ1n) is 9.27. The zero-order chi connectivity index (χ0) is 17.5. The molecule has 0 bridgehead atoms. The lowest BCUT2D eigenvalue weighted by Gasteiger charge is -2.36. The Labute approximate surface area is 151 Å². The summed E-state index contributed by atoms with van der Waals surface area (Å²) in [5, 5.41) is 0. The molecule has 2 aromatic rings. The van der Waals surface area contributed by atoms with Gasteiger partial charge in [0.25, 0.3) is 0 Å². The van der Waals surface area contributed by atoms with Crippen LogP contribution in [0.5, 0.6) is 5.75 Å². The number of likely N-dealkylation sites (N-methyl/N-ethyl adjacent to an activating group) is 1. The van der Waals surface area contributed by atoms with Crippen molar-refractivity contribution in [2.45, 2.75) is 38.4 Å². The number of aromatic nitrogens is 2. The number of benzene rings is 1. The third-order valence-corrected chi connectivity index (χ3v) is 4.90. The van der Waals surface area contributed by atoms with Gasteiger partial charge in [-0.25, -0.2) is 4.98 Å². The smallest absolute Gasteiger partial charge is 0.119 e. The van der Waals surface area contributed by atoms with Crippen molar-refractivity contribution < 1.29 is 4.74 Å². The van der Waals surface area contributed by atoms with Gasteiger partial charge in [-0.15, -0.1) is 0 Å². The molecular weight excluding hydrogens is 312 g/mol. The second-order valence-corrected chi connectivity index (χ2v) is 7.14. The van der Waals surface area contributed by atoms with Crippen LogP contribution in [0.2, 0.25) is 0 Å². The summed E-state index contributed by atoms with van der Waals surface area (Å²) in [7, 11) is 4.37. The summed E-state index contributed by atoms with van der Waals surface area (Å²) in [6, 6.07) is 9.23. The molecule has 5 nitrogen and oxygen atoms in total. The zero-order valence-corrected chi connectivity index (χ0v) is 15.5. The summed E-state index contributed by atoms with van der Waals surface area (Å²) in [5.41, 5.74) is 1.34. The van der Waals surface area contributed by atoms with Gasteiger partial charge >= 0.3 is 0 Å². The van der Waals surface area contributed by atoms with E-state index in [1.165, 1.54) is 24.9 Å². The Morgan fingerprint density at radius 1 is 1.32 bits per heavy atom. The van der Waals surface area contributed by atoms with Crippen molar-refractivity contribution in [2.75, 3.05) is 33.8 Å². The van der Waals surface area contributed by atoms with Crippen LogP contribution in [-0.4, -0.2) is 59.2 Å². The predicted octanol–water partition coefficient (Wildman–Crippen LogP) is 2.88. The molecule has 3 rings (SSSR count). The highest BCUT2D eigenvalue weighted by atomic mass is 16.5. The molecule has 0 amide bonds. The Kier molecular flexibility index (Phi) is 6.48. The molecule has 0 N–H and O–H groups in total. The maximum absolute atomic E-state index is 5.93. The lowest BCUT2D eigenvalue weighted by molar-refractivity contribution is 0.128. The van der Waals surface area contributed by atoms with E-state index >= 15 is 0 Å². The van der Waals surface area contributed by atoms with Gasteiger partial charge in [-0.3, -0.25) is 4.90 Å². The van der Waals surface area contributed by atoms with Crippen LogP contribution in [0.3, 0.4) is 0 Å². The minimum Gasteiger partial charge on any atom is -0.494 e. The molecule has 1 saturated heterocycles. The molecular formula is C20H30N4O. The fourth-order valence-electron chi connectivity index (χ4n) is 3.44. The minimum atomic E-state index is 0.677. The van der Waals surface area contributed by atoms with Crippen molar-refractivity contribution in [3.05, 3.63) is 48.5 Å². The monoisotopic (exact) mass is 342 g/mol.